The van der Waals surface area contributed by atoms with Crippen LogP contribution in [0, 0.1) is 0 Å². The number of hydrogen-bond donors (Lipinski definition) is 2. The summed E-state index contributed by atoms with van der Waals surface area (Å²) in [6, 6.07) is 31.6. The summed E-state index contributed by atoms with van der Waals surface area (Å²) in [4.78, 5) is 26.8. The van der Waals surface area contributed by atoms with Crippen molar-refractivity contribution in [2.75, 3.05) is 11.5 Å². The van der Waals surface area contributed by atoms with Crippen molar-refractivity contribution >= 4 is 44.5 Å². The monoisotopic (exact) mass is 488 g/mol. The van der Waals surface area contributed by atoms with Gasteiger partial charge < -0.3 is 11.5 Å². The molecular formula is C34H20N2O2. The third-order valence-electron chi connectivity index (χ3n) is 8.00. The van der Waals surface area contributed by atoms with E-state index in [2.05, 4.69) is 24.3 Å². The number of carbonyl (C=O) groups excluding carboxylic acids is 2. The summed E-state index contributed by atoms with van der Waals surface area (Å²) < 4.78 is 0. The molecule has 6 aromatic carbocycles. The molecule has 0 fully saturated rings. The Morgan fingerprint density at radius 1 is 0.421 bits per heavy atom. The molecule has 4 nitrogen and oxygen atoms in total. The molecule has 0 heterocycles. The van der Waals surface area contributed by atoms with Gasteiger partial charge in [0.2, 0.25) is 0 Å². The molecule has 178 valence electrons. The second-order valence-electron chi connectivity index (χ2n) is 10.1. The van der Waals surface area contributed by atoms with Crippen molar-refractivity contribution in [2.45, 2.75) is 0 Å². The Labute approximate surface area is 218 Å². The Morgan fingerprint density at radius 3 is 1.26 bits per heavy atom. The van der Waals surface area contributed by atoms with Crippen LogP contribution in [-0.4, -0.2) is 11.6 Å². The zero-order valence-corrected chi connectivity index (χ0v) is 20.2. The van der Waals surface area contributed by atoms with Gasteiger partial charge in [-0.15, -0.1) is 0 Å². The molecule has 0 aromatic heterocycles. The summed E-state index contributed by atoms with van der Waals surface area (Å²) in [5.74, 6) is -0.0732. The second-order valence-corrected chi connectivity index (χ2v) is 10.1. The molecule has 6 aromatic rings. The van der Waals surface area contributed by atoms with E-state index in [0.29, 0.717) is 33.6 Å². The van der Waals surface area contributed by atoms with Gasteiger partial charge in [-0.25, -0.2) is 0 Å². The van der Waals surface area contributed by atoms with Crippen LogP contribution in [-0.2, 0) is 0 Å². The van der Waals surface area contributed by atoms with Gasteiger partial charge in [0.15, 0.2) is 11.6 Å². The highest BCUT2D eigenvalue weighted by Crippen LogP contribution is 2.46. The van der Waals surface area contributed by atoms with Gasteiger partial charge in [-0.05, 0) is 80.6 Å². The van der Waals surface area contributed by atoms with E-state index >= 15 is 0 Å². The number of nitrogen functional groups attached to an aromatic ring is 2. The Hall–Kier alpha value is -5.22. The normalized spacial score (nSPS) is 13.1. The summed E-state index contributed by atoms with van der Waals surface area (Å²) in [5, 5.41) is 3.90. The Balaban J connectivity index is 1.46. The molecule has 0 bridgehead atoms. The average molecular weight is 489 g/mol. The van der Waals surface area contributed by atoms with Gasteiger partial charge in [0.05, 0.1) is 11.1 Å². The van der Waals surface area contributed by atoms with E-state index in [4.69, 9.17) is 11.5 Å². The van der Waals surface area contributed by atoms with E-state index in [0.717, 1.165) is 54.9 Å². The van der Waals surface area contributed by atoms with E-state index in [1.807, 2.05) is 60.7 Å². The van der Waals surface area contributed by atoms with Crippen LogP contribution >= 0.6 is 0 Å². The maximum absolute atomic E-state index is 13.4. The zero-order valence-electron chi connectivity index (χ0n) is 20.2. The molecular weight excluding hydrogens is 468 g/mol. The van der Waals surface area contributed by atoms with Gasteiger partial charge in [-0.3, -0.25) is 9.59 Å². The molecule has 2 aliphatic carbocycles. The molecule has 0 saturated carbocycles. The first-order valence-electron chi connectivity index (χ1n) is 12.5. The fourth-order valence-electron chi connectivity index (χ4n) is 6.36. The topological polar surface area (TPSA) is 86.2 Å². The van der Waals surface area contributed by atoms with Crippen molar-refractivity contribution in [1.29, 1.82) is 0 Å². The summed E-state index contributed by atoms with van der Waals surface area (Å²) in [6.07, 6.45) is 0. The lowest BCUT2D eigenvalue weighted by atomic mass is 9.79. The number of fused-ring (bicyclic) bond motifs is 4. The maximum Gasteiger partial charge on any atom is 0.196 e. The number of nitrogens with two attached hydrogens (primary N) is 2. The smallest absolute Gasteiger partial charge is 0.196 e. The maximum atomic E-state index is 13.4. The lowest BCUT2D eigenvalue weighted by molar-refractivity contribution is 0.103. The molecule has 0 radical (unpaired) electrons. The van der Waals surface area contributed by atoms with E-state index in [1.54, 1.807) is 12.1 Å². The molecule has 0 aliphatic heterocycles. The first-order chi connectivity index (χ1) is 18.5. The first kappa shape index (κ1) is 20.9. The van der Waals surface area contributed by atoms with Crippen molar-refractivity contribution in [3.63, 3.8) is 0 Å². The molecule has 4 N–H and O–H groups in total. The van der Waals surface area contributed by atoms with Crippen LogP contribution in [0.15, 0.2) is 97.1 Å². The number of benzene rings is 6. The van der Waals surface area contributed by atoms with Crippen LogP contribution in [0.2, 0.25) is 0 Å². The van der Waals surface area contributed by atoms with E-state index in [-0.39, 0.29) is 11.6 Å². The zero-order chi connectivity index (χ0) is 25.7. The van der Waals surface area contributed by atoms with Gasteiger partial charge in [0.1, 0.15) is 0 Å². The minimum atomic E-state index is -0.0366. The molecule has 4 heteroatoms. The molecule has 0 unspecified atom stereocenters. The van der Waals surface area contributed by atoms with Gasteiger partial charge in [-0.1, -0.05) is 60.7 Å². The van der Waals surface area contributed by atoms with Crippen molar-refractivity contribution in [2.24, 2.45) is 0 Å². The number of carbonyl (C=O) groups is 2. The van der Waals surface area contributed by atoms with Crippen LogP contribution in [0.4, 0.5) is 11.4 Å². The van der Waals surface area contributed by atoms with Gasteiger partial charge in [0, 0.05) is 33.3 Å². The van der Waals surface area contributed by atoms with Crippen LogP contribution in [0.1, 0.15) is 31.8 Å². The largest absolute Gasteiger partial charge is 0.398 e. The fraction of sp³-hybridized carbons (Fsp3) is 0. The molecule has 38 heavy (non-hydrogen) atoms. The standard InChI is InChI=1S/C34H20N2O2/c35-27-11-3-7-21-25-15-19(13-17-5-1-9-23(29(17)25)33(37)31(21)27)20-14-18-6-2-10-24-30(18)26(16-20)22-8-4-12-28(36)32(22)34(24)38/h1-16H,35-36H2. The van der Waals surface area contributed by atoms with Crippen LogP contribution in [0.25, 0.3) is 54.9 Å². The highest BCUT2D eigenvalue weighted by Gasteiger charge is 2.29. The highest BCUT2D eigenvalue weighted by molar-refractivity contribution is 6.29. The quantitative estimate of drug-likeness (QED) is 0.238. The minimum Gasteiger partial charge on any atom is -0.398 e. The highest BCUT2D eigenvalue weighted by atomic mass is 16.1. The molecule has 0 saturated heterocycles. The molecule has 2 aliphatic rings. The molecule has 0 spiro atoms. The van der Waals surface area contributed by atoms with E-state index in [9.17, 15) is 9.59 Å². The Kier molecular flexibility index (Phi) is 3.95. The fourth-order valence-corrected chi connectivity index (χ4v) is 6.36. The Bertz CT molecular complexity index is 1940. The summed E-state index contributed by atoms with van der Waals surface area (Å²) in [7, 11) is 0. The summed E-state index contributed by atoms with van der Waals surface area (Å²) in [6.45, 7) is 0. The van der Waals surface area contributed by atoms with E-state index in [1.165, 1.54) is 0 Å². The van der Waals surface area contributed by atoms with Crippen molar-refractivity contribution in [3.05, 3.63) is 119 Å². The Morgan fingerprint density at radius 2 is 0.816 bits per heavy atom. The van der Waals surface area contributed by atoms with Gasteiger partial charge in [0.25, 0.3) is 0 Å². The van der Waals surface area contributed by atoms with E-state index < -0.39 is 0 Å². The number of hydrogen-bond acceptors (Lipinski definition) is 4. The van der Waals surface area contributed by atoms with Crippen LogP contribution < -0.4 is 11.5 Å². The molecule has 0 amide bonds. The van der Waals surface area contributed by atoms with Crippen molar-refractivity contribution in [1.82, 2.24) is 0 Å². The summed E-state index contributed by atoms with van der Waals surface area (Å²) >= 11 is 0. The first-order valence-corrected chi connectivity index (χ1v) is 12.5. The average Bonchev–Trinajstić information content (AvgIpc) is 2.93. The third kappa shape index (κ3) is 2.58. The lowest BCUT2D eigenvalue weighted by Gasteiger charge is -2.24. The molecule has 8 rings (SSSR count). The van der Waals surface area contributed by atoms with Crippen LogP contribution in [0.5, 0.6) is 0 Å². The lowest BCUT2D eigenvalue weighted by Crippen LogP contribution is -2.13. The number of anilines is 2. The third-order valence-corrected chi connectivity index (χ3v) is 8.00. The predicted octanol–water partition coefficient (Wildman–Crippen LogP) is 7.25. The van der Waals surface area contributed by atoms with Crippen molar-refractivity contribution in [3.8, 4) is 33.4 Å². The van der Waals surface area contributed by atoms with Gasteiger partial charge >= 0.3 is 0 Å². The SMILES string of the molecule is Nc1cccc2c1C(=O)c1cccc3cc(-c4cc5c6c(cccc6c4)C(=O)c4c(N)cccc4-5)cc-2c13. The molecule has 0 atom stereocenters. The minimum absolute atomic E-state index is 0.0366. The number of ketones is 2. The van der Waals surface area contributed by atoms with Crippen LogP contribution in [0.3, 0.4) is 0 Å². The van der Waals surface area contributed by atoms with Crippen molar-refractivity contribution < 1.29 is 9.59 Å². The summed E-state index contributed by atoms with van der Waals surface area (Å²) in [5.41, 5.74) is 21.8. The predicted molar refractivity (Wildman–Crippen MR) is 153 cm³/mol. The van der Waals surface area contributed by atoms with Gasteiger partial charge in [-0.2, -0.15) is 0 Å². The number of rotatable bonds is 1. The second kappa shape index (κ2) is 7.17.